The number of anilines is 2. The van der Waals surface area contributed by atoms with Gasteiger partial charge in [-0.15, -0.1) is 0 Å². The molecule has 0 bridgehead atoms. The lowest BCUT2D eigenvalue weighted by Gasteiger charge is -2.31. The minimum absolute atomic E-state index is 0.0256. The van der Waals surface area contributed by atoms with E-state index in [1.165, 1.54) is 129 Å². The number of unbranched alkanes of at least 4 members (excludes halogenated alkanes) is 7. The molecule has 370 valence electrons. The van der Waals surface area contributed by atoms with Crippen molar-refractivity contribution < 1.29 is 32.2 Å². The molecule has 8 rings (SSSR count). The normalized spacial score (nSPS) is 19.5. The van der Waals surface area contributed by atoms with E-state index in [1.807, 2.05) is 0 Å². The molecule has 1 amide bonds. The van der Waals surface area contributed by atoms with E-state index in [1.54, 1.807) is 12.1 Å². The number of nitrogens with one attached hydrogen (secondary N) is 3. The molecule has 3 aromatic carbocycles. The molecule has 1 unspecified atom stereocenters. The molecule has 5 heterocycles. The fraction of sp³-hybridized carbons (Fsp3) is 0.500. The van der Waals surface area contributed by atoms with Gasteiger partial charge in [0.05, 0.1) is 59.3 Å². The minimum atomic E-state index is -2.95. The van der Waals surface area contributed by atoms with E-state index in [0.29, 0.717) is 30.4 Å². The summed E-state index contributed by atoms with van der Waals surface area (Å²) in [5, 5.41) is 13.9. The van der Waals surface area contributed by atoms with Crippen molar-refractivity contribution in [1.82, 2.24) is 25.3 Å². The number of halogens is 4. The Morgan fingerprint density at radius 1 is 0.971 bits per heavy atom. The van der Waals surface area contributed by atoms with E-state index >= 15 is 0 Å². The van der Waals surface area contributed by atoms with Gasteiger partial charge in [0.15, 0.2) is 0 Å². The third kappa shape index (κ3) is 15.6. The van der Waals surface area contributed by atoms with Crippen LogP contribution in [0.25, 0.3) is 5.69 Å². The summed E-state index contributed by atoms with van der Waals surface area (Å²) in [4.78, 5) is 17.3. The van der Waals surface area contributed by atoms with Crippen LogP contribution in [-0.4, -0.2) is 99.3 Å². The lowest BCUT2D eigenvalue weighted by Crippen LogP contribution is -2.33. The SMILES string of the molecule is CCCCCCCCCCN.Cc1cc([C@@H]2CNCCO2)cc(Cl)c1N1C=C(C2CCCN2C)C=CC1.O=C(Nc1ccc([C@H]2CNCCO2)cc1F)c1cnn(-c2cccc(OC(F)F)c2)c1. The standard InChI is InChI=1S/C21H28ClN3O.C21H19F3N4O3.C10H23N/c1-15-11-17(20-13-23-7-10-26-20)12-18(22)21(15)25-9-3-5-16(14-25)19-6-4-8-24(19)2;22-17-8-13(19-11-25-6-7-30-19)4-5-18(17)27-20(29)14-10-26-28(12-14)15-2-1-3-16(9-15)31-21(23)24;1-2-3-4-5-6-7-8-9-10-11/h3,5,11-12,14,19-20,23H,4,6-10,13H2,1-2H3;1-5,8-10,12,19,21,25H,6-7,11H2,(H,27,29);2-11H2,1H3/t19?,20-;19-;/m01./s1. The second-order valence-electron chi connectivity index (χ2n) is 17.6. The second-order valence-corrected chi connectivity index (χ2v) is 18.0. The largest absolute Gasteiger partial charge is 0.435 e. The summed E-state index contributed by atoms with van der Waals surface area (Å²) in [6.45, 7) is 8.78. The van der Waals surface area contributed by atoms with Crippen LogP contribution < -0.4 is 31.3 Å². The Hall–Kier alpha value is -4.74. The third-order valence-electron chi connectivity index (χ3n) is 12.4. The van der Waals surface area contributed by atoms with Gasteiger partial charge in [0, 0.05) is 57.2 Å². The molecule has 0 radical (unpaired) electrons. The highest BCUT2D eigenvalue weighted by atomic mass is 35.5. The van der Waals surface area contributed by atoms with Crippen LogP contribution in [0.1, 0.15) is 110 Å². The van der Waals surface area contributed by atoms with Crippen LogP contribution in [-0.2, 0) is 9.47 Å². The number of alkyl halides is 2. The Morgan fingerprint density at radius 2 is 1.69 bits per heavy atom. The molecule has 12 nitrogen and oxygen atoms in total. The van der Waals surface area contributed by atoms with Crippen LogP contribution in [0.4, 0.5) is 24.5 Å². The average Bonchev–Trinajstić information content (AvgIpc) is 4.03. The number of carbonyl (C=O) groups is 1. The van der Waals surface area contributed by atoms with E-state index in [0.717, 1.165) is 55.6 Å². The molecule has 0 saturated carbocycles. The van der Waals surface area contributed by atoms with Crippen LogP contribution in [0.15, 0.2) is 90.9 Å². The van der Waals surface area contributed by atoms with Crippen LogP contribution in [0.5, 0.6) is 5.75 Å². The van der Waals surface area contributed by atoms with E-state index in [4.69, 9.17) is 26.8 Å². The van der Waals surface area contributed by atoms with Crippen molar-refractivity contribution in [3.05, 3.63) is 124 Å². The lowest BCUT2D eigenvalue weighted by molar-refractivity contribution is -0.0498. The van der Waals surface area contributed by atoms with Gasteiger partial charge in [0.2, 0.25) is 0 Å². The van der Waals surface area contributed by atoms with Gasteiger partial charge >= 0.3 is 6.61 Å². The smallest absolute Gasteiger partial charge is 0.387 e. The van der Waals surface area contributed by atoms with Crippen molar-refractivity contribution in [2.24, 2.45) is 5.73 Å². The molecule has 0 aliphatic carbocycles. The summed E-state index contributed by atoms with van der Waals surface area (Å²) in [7, 11) is 2.22. The Labute approximate surface area is 405 Å². The molecular formula is C52H70ClF3N8O4. The predicted molar refractivity (Wildman–Crippen MR) is 266 cm³/mol. The Balaban J connectivity index is 0.000000186. The quantitative estimate of drug-likeness (QED) is 0.0759. The first kappa shape index (κ1) is 52.6. The number of ether oxygens (including phenoxy) is 3. The van der Waals surface area contributed by atoms with Gasteiger partial charge in [0.25, 0.3) is 5.91 Å². The summed E-state index contributed by atoms with van der Waals surface area (Å²) in [6, 6.07) is 15.2. The molecule has 4 aromatic rings. The first-order chi connectivity index (χ1) is 33.0. The van der Waals surface area contributed by atoms with E-state index in [2.05, 4.69) is 87.0 Å². The van der Waals surface area contributed by atoms with Crippen LogP contribution in [0, 0.1) is 12.7 Å². The first-order valence-corrected chi connectivity index (χ1v) is 24.6. The van der Waals surface area contributed by atoms with Gasteiger partial charge in [-0.25, -0.2) is 9.07 Å². The summed E-state index contributed by atoms with van der Waals surface area (Å²) in [5.74, 6) is -1.17. The Bertz CT molecular complexity index is 2220. The van der Waals surface area contributed by atoms with Gasteiger partial charge in [-0.05, 0) is 98.9 Å². The molecule has 16 heteroatoms. The zero-order valence-electron chi connectivity index (χ0n) is 39.8. The molecule has 1 aromatic heterocycles. The number of likely N-dealkylation sites (N-methyl/N-ethyl adjacent to an activating group) is 1. The van der Waals surface area contributed by atoms with Crippen molar-refractivity contribution in [2.45, 2.75) is 103 Å². The predicted octanol–water partition coefficient (Wildman–Crippen LogP) is 10.3. The van der Waals surface area contributed by atoms with Crippen LogP contribution >= 0.6 is 11.6 Å². The van der Waals surface area contributed by atoms with Crippen LogP contribution in [0.3, 0.4) is 0 Å². The number of aromatic nitrogens is 2. The molecule has 68 heavy (non-hydrogen) atoms. The van der Waals surface area contributed by atoms with Crippen LogP contribution in [0.2, 0.25) is 5.02 Å². The van der Waals surface area contributed by atoms with E-state index in [-0.39, 0.29) is 29.2 Å². The van der Waals surface area contributed by atoms with Gasteiger partial charge in [-0.2, -0.15) is 13.9 Å². The highest BCUT2D eigenvalue weighted by Crippen LogP contribution is 2.36. The molecular weight excluding hydrogens is 893 g/mol. The summed E-state index contributed by atoms with van der Waals surface area (Å²) < 4.78 is 56.5. The number of hydrogen-bond donors (Lipinski definition) is 4. The van der Waals surface area contributed by atoms with Gasteiger partial charge in [0.1, 0.15) is 11.6 Å². The number of nitrogens with two attached hydrogens (primary N) is 1. The Kier molecular flexibility index (Phi) is 21.2. The number of morpholine rings is 2. The molecule has 0 spiro atoms. The number of hydrogen-bond acceptors (Lipinski definition) is 10. The number of carbonyl (C=O) groups excluding carboxylic acids is 1. The Morgan fingerprint density at radius 3 is 2.32 bits per heavy atom. The number of benzene rings is 3. The van der Waals surface area contributed by atoms with E-state index < -0.39 is 18.3 Å². The average molecular weight is 964 g/mol. The maximum atomic E-state index is 14.5. The zero-order valence-corrected chi connectivity index (χ0v) is 40.6. The monoisotopic (exact) mass is 963 g/mol. The minimum Gasteiger partial charge on any atom is -0.435 e. The maximum absolute atomic E-state index is 14.5. The maximum Gasteiger partial charge on any atom is 0.387 e. The summed E-state index contributed by atoms with van der Waals surface area (Å²) in [6.07, 6.45) is 22.9. The van der Waals surface area contributed by atoms with Crippen molar-refractivity contribution in [3.63, 3.8) is 0 Å². The number of rotatable bonds is 17. The fourth-order valence-electron chi connectivity index (χ4n) is 8.82. The first-order valence-electron chi connectivity index (χ1n) is 24.2. The molecule has 3 fully saturated rings. The topological polar surface area (TPSA) is 131 Å². The van der Waals surface area contributed by atoms with Gasteiger partial charge < -0.3 is 40.8 Å². The molecule has 4 aliphatic rings. The molecule has 3 atom stereocenters. The van der Waals surface area contributed by atoms with E-state index in [9.17, 15) is 18.0 Å². The van der Waals surface area contributed by atoms with Gasteiger partial charge in [-0.1, -0.05) is 93.8 Å². The van der Waals surface area contributed by atoms with Crippen molar-refractivity contribution >= 4 is 28.9 Å². The third-order valence-corrected chi connectivity index (χ3v) is 12.7. The number of nitrogens with zero attached hydrogens (tertiary/aromatic N) is 4. The van der Waals surface area contributed by atoms with Crippen molar-refractivity contribution in [3.8, 4) is 11.4 Å². The number of aryl methyl sites for hydroxylation is 1. The molecule has 5 N–H and O–H groups in total. The van der Waals surface area contributed by atoms with Crippen molar-refractivity contribution in [1.29, 1.82) is 0 Å². The van der Waals surface area contributed by atoms with Gasteiger partial charge in [-0.3, -0.25) is 9.69 Å². The summed E-state index contributed by atoms with van der Waals surface area (Å²) in [5.41, 5.74) is 11.6. The molecule has 4 aliphatic heterocycles. The van der Waals surface area contributed by atoms with Crippen molar-refractivity contribution in [2.75, 3.05) is 76.3 Å². The highest BCUT2D eigenvalue weighted by molar-refractivity contribution is 6.33. The zero-order chi connectivity index (χ0) is 48.3. The lowest BCUT2D eigenvalue weighted by atomic mass is 10.0. The number of amides is 1. The molecule has 3 saturated heterocycles. The summed E-state index contributed by atoms with van der Waals surface area (Å²) >= 11 is 6.74. The second kappa shape index (κ2) is 27.4. The highest BCUT2D eigenvalue weighted by Gasteiger charge is 2.27. The fourth-order valence-corrected chi connectivity index (χ4v) is 9.21. The number of likely N-dealkylation sites (tertiary alicyclic amines) is 1.